The van der Waals surface area contributed by atoms with Crippen molar-refractivity contribution in [1.29, 1.82) is 0 Å². The van der Waals surface area contributed by atoms with Crippen LogP contribution in [0.3, 0.4) is 0 Å². The summed E-state index contributed by atoms with van der Waals surface area (Å²) in [5.41, 5.74) is 1.88. The van der Waals surface area contributed by atoms with Crippen LogP contribution in [0.5, 0.6) is 0 Å². The molecule has 30 heavy (non-hydrogen) atoms. The van der Waals surface area contributed by atoms with Crippen molar-refractivity contribution in [2.45, 2.75) is 29.6 Å². The molecule has 0 saturated heterocycles. The van der Waals surface area contributed by atoms with E-state index < -0.39 is 5.97 Å². The van der Waals surface area contributed by atoms with E-state index in [2.05, 4.69) is 36.5 Å². The molecule has 5 nitrogen and oxygen atoms in total. The number of ether oxygens (including phenoxy) is 1. The second-order valence-corrected chi connectivity index (χ2v) is 8.64. The minimum Gasteiger partial charge on any atom is -0.457 e. The minimum absolute atomic E-state index is 0.00804. The third kappa shape index (κ3) is 6.86. The van der Waals surface area contributed by atoms with Gasteiger partial charge >= 0.3 is 5.97 Å². The molecule has 0 spiro atoms. The van der Waals surface area contributed by atoms with Crippen LogP contribution in [0.4, 0.5) is 5.69 Å². The highest BCUT2D eigenvalue weighted by molar-refractivity contribution is 7.99. The Labute approximate surface area is 183 Å². The van der Waals surface area contributed by atoms with Gasteiger partial charge in [-0.2, -0.15) is 0 Å². The highest BCUT2D eigenvalue weighted by atomic mass is 32.2. The van der Waals surface area contributed by atoms with Crippen molar-refractivity contribution in [1.82, 2.24) is 0 Å². The monoisotopic (exact) mass is 439 g/mol. The topological polar surface area (TPSA) is 72.5 Å². The van der Waals surface area contributed by atoms with Crippen molar-refractivity contribution in [2.75, 3.05) is 11.9 Å². The number of carbonyl (C=O) groups is 3. The normalized spacial score (nSPS) is 10.4. The molecule has 3 aromatic rings. The van der Waals surface area contributed by atoms with Crippen LogP contribution >= 0.6 is 23.1 Å². The molecule has 0 aliphatic rings. The summed E-state index contributed by atoms with van der Waals surface area (Å²) in [6, 6.07) is 19.2. The van der Waals surface area contributed by atoms with E-state index >= 15 is 0 Å². The fourth-order valence-corrected chi connectivity index (χ4v) is 3.98. The Bertz CT molecular complexity index is 997. The molecule has 7 heteroatoms. The van der Waals surface area contributed by atoms with Gasteiger partial charge in [-0.1, -0.05) is 35.5 Å². The number of hydrogen-bond acceptors (Lipinski definition) is 6. The number of esters is 1. The van der Waals surface area contributed by atoms with Gasteiger partial charge in [0.1, 0.15) is 0 Å². The van der Waals surface area contributed by atoms with Crippen molar-refractivity contribution in [3.05, 3.63) is 76.5 Å². The Morgan fingerprint density at radius 1 is 0.933 bits per heavy atom. The molecule has 0 saturated carbocycles. The van der Waals surface area contributed by atoms with E-state index in [0.29, 0.717) is 10.6 Å². The van der Waals surface area contributed by atoms with Crippen LogP contribution in [0, 0.1) is 6.92 Å². The summed E-state index contributed by atoms with van der Waals surface area (Å²) in [6.07, 6.45) is -0.0865. The number of ketones is 1. The van der Waals surface area contributed by atoms with E-state index in [4.69, 9.17) is 4.74 Å². The molecule has 1 amide bonds. The summed E-state index contributed by atoms with van der Waals surface area (Å²) < 4.78 is 4.94. The van der Waals surface area contributed by atoms with Crippen LogP contribution in [0.1, 0.15) is 28.1 Å². The quantitative estimate of drug-likeness (QED) is 0.359. The number of amides is 1. The number of anilines is 1. The molecule has 0 radical (unpaired) electrons. The molecule has 0 atom stereocenters. The zero-order chi connectivity index (χ0) is 21.3. The van der Waals surface area contributed by atoms with Crippen LogP contribution in [-0.4, -0.2) is 24.3 Å². The molecule has 3 rings (SSSR count). The average Bonchev–Trinajstić information content (AvgIpc) is 3.29. The highest BCUT2D eigenvalue weighted by Gasteiger charge is 2.12. The maximum atomic E-state index is 12.1. The predicted octanol–water partition coefficient (Wildman–Crippen LogP) is 5.35. The van der Waals surface area contributed by atoms with Gasteiger partial charge in [0.05, 0.1) is 11.3 Å². The second-order valence-electron chi connectivity index (χ2n) is 6.55. The highest BCUT2D eigenvalue weighted by Crippen LogP contribution is 2.28. The van der Waals surface area contributed by atoms with Gasteiger partial charge in [-0.15, -0.1) is 11.3 Å². The van der Waals surface area contributed by atoms with Crippen molar-refractivity contribution in [3.8, 4) is 0 Å². The standard InChI is InChI=1S/C23H21NO4S2/c1-16-4-8-18(9-5-16)30-19-10-6-17(7-11-19)24-22(26)12-13-23(27)28-15-20(25)21-3-2-14-29-21/h2-11,14H,12-13,15H2,1H3,(H,24,26). The number of rotatable bonds is 9. The molecular formula is C23H21NO4S2. The van der Waals surface area contributed by atoms with E-state index in [1.54, 1.807) is 29.3 Å². The lowest BCUT2D eigenvalue weighted by molar-refractivity contribution is -0.143. The maximum absolute atomic E-state index is 12.1. The van der Waals surface area contributed by atoms with E-state index in [0.717, 1.165) is 9.79 Å². The largest absolute Gasteiger partial charge is 0.457 e. The van der Waals surface area contributed by atoms with Gasteiger partial charge in [-0.25, -0.2) is 0 Å². The Morgan fingerprint density at radius 3 is 2.23 bits per heavy atom. The molecule has 2 aromatic carbocycles. The molecule has 1 aromatic heterocycles. The lowest BCUT2D eigenvalue weighted by Crippen LogP contribution is -2.17. The van der Waals surface area contributed by atoms with Gasteiger partial charge in [0, 0.05) is 21.9 Å². The number of nitrogens with one attached hydrogen (secondary N) is 1. The van der Waals surface area contributed by atoms with Crippen LogP contribution in [0.2, 0.25) is 0 Å². The SMILES string of the molecule is Cc1ccc(Sc2ccc(NC(=O)CCC(=O)OCC(=O)c3cccs3)cc2)cc1. The Morgan fingerprint density at radius 2 is 1.60 bits per heavy atom. The first-order valence-corrected chi connectivity index (χ1v) is 11.1. The van der Waals surface area contributed by atoms with Crippen molar-refractivity contribution < 1.29 is 19.1 Å². The zero-order valence-electron chi connectivity index (χ0n) is 16.4. The maximum Gasteiger partial charge on any atom is 0.306 e. The third-order valence-corrected chi connectivity index (χ3v) is 6.04. The minimum atomic E-state index is -0.570. The summed E-state index contributed by atoms with van der Waals surface area (Å²) >= 11 is 2.94. The average molecular weight is 440 g/mol. The predicted molar refractivity (Wildman–Crippen MR) is 119 cm³/mol. The Kier molecular flexibility index (Phi) is 7.82. The zero-order valence-corrected chi connectivity index (χ0v) is 18.1. The molecule has 0 aliphatic heterocycles. The van der Waals surface area contributed by atoms with Gasteiger partial charge in [0.15, 0.2) is 6.61 Å². The summed E-state index contributed by atoms with van der Waals surface area (Å²) in [5.74, 6) is -1.10. The molecule has 0 unspecified atom stereocenters. The summed E-state index contributed by atoms with van der Waals surface area (Å²) in [7, 11) is 0. The van der Waals surface area contributed by atoms with E-state index in [-0.39, 0.29) is 31.1 Å². The van der Waals surface area contributed by atoms with Crippen LogP contribution in [0.15, 0.2) is 75.8 Å². The van der Waals surface area contributed by atoms with E-state index in [1.807, 2.05) is 24.3 Å². The number of thiophene rings is 1. The first kappa shape index (κ1) is 21.8. The lowest BCUT2D eigenvalue weighted by atomic mass is 10.2. The van der Waals surface area contributed by atoms with Gasteiger partial charge in [0.2, 0.25) is 11.7 Å². The third-order valence-electron chi connectivity index (χ3n) is 4.11. The van der Waals surface area contributed by atoms with Crippen LogP contribution in [-0.2, 0) is 14.3 Å². The fraction of sp³-hybridized carbons (Fsp3) is 0.174. The summed E-state index contributed by atoms with van der Waals surface area (Å²) in [5, 5.41) is 4.55. The van der Waals surface area contributed by atoms with Crippen molar-refractivity contribution >= 4 is 46.4 Å². The molecule has 154 valence electrons. The van der Waals surface area contributed by atoms with Crippen molar-refractivity contribution in [3.63, 3.8) is 0 Å². The van der Waals surface area contributed by atoms with Gasteiger partial charge in [0.25, 0.3) is 0 Å². The molecule has 1 N–H and O–H groups in total. The van der Waals surface area contributed by atoms with Gasteiger partial charge in [-0.3, -0.25) is 14.4 Å². The number of aryl methyl sites for hydroxylation is 1. The summed E-state index contributed by atoms with van der Waals surface area (Å²) in [6.45, 7) is 1.75. The van der Waals surface area contributed by atoms with E-state index in [1.165, 1.54) is 16.9 Å². The molecular weight excluding hydrogens is 418 g/mol. The van der Waals surface area contributed by atoms with Gasteiger partial charge in [-0.05, 0) is 54.8 Å². The lowest BCUT2D eigenvalue weighted by Gasteiger charge is -2.07. The number of hydrogen-bond donors (Lipinski definition) is 1. The van der Waals surface area contributed by atoms with Crippen molar-refractivity contribution in [2.24, 2.45) is 0 Å². The molecule has 0 fully saturated rings. The smallest absolute Gasteiger partial charge is 0.306 e. The molecule has 0 bridgehead atoms. The van der Waals surface area contributed by atoms with Crippen LogP contribution < -0.4 is 5.32 Å². The Hall–Kier alpha value is -2.90. The second kappa shape index (κ2) is 10.8. The Balaban J connectivity index is 1.39. The molecule has 1 heterocycles. The summed E-state index contributed by atoms with van der Waals surface area (Å²) in [4.78, 5) is 38.4. The first-order valence-electron chi connectivity index (χ1n) is 9.36. The first-order chi connectivity index (χ1) is 14.5. The molecule has 0 aliphatic carbocycles. The van der Waals surface area contributed by atoms with E-state index in [9.17, 15) is 14.4 Å². The van der Waals surface area contributed by atoms with Gasteiger partial charge < -0.3 is 10.1 Å². The number of benzene rings is 2. The number of carbonyl (C=O) groups excluding carboxylic acids is 3. The fourth-order valence-electron chi connectivity index (χ4n) is 2.51. The number of Topliss-reactive ketones (excluding diaryl/α,β-unsaturated/α-hetero) is 1. The van der Waals surface area contributed by atoms with Crippen LogP contribution in [0.25, 0.3) is 0 Å².